The number of nitrogens with two attached hydrogens (primary N) is 1. The van der Waals surface area contributed by atoms with Gasteiger partial charge in [0.1, 0.15) is 0 Å². The molecule has 37 heavy (non-hydrogen) atoms. The number of hydrogen-bond donors (Lipinski definition) is 2. The number of anilines is 1. The minimum absolute atomic E-state index is 0.0672. The highest BCUT2D eigenvalue weighted by Gasteiger charge is 2.26. The van der Waals surface area contributed by atoms with Crippen molar-refractivity contribution in [3.63, 3.8) is 0 Å². The number of aromatic nitrogens is 5. The first-order chi connectivity index (χ1) is 18.2. The number of fused-ring (bicyclic) bond motifs is 2. The van der Waals surface area contributed by atoms with Crippen molar-refractivity contribution in [2.75, 3.05) is 18.8 Å². The first-order valence-electron chi connectivity index (χ1n) is 12.2. The van der Waals surface area contributed by atoms with E-state index in [2.05, 4.69) is 54.3 Å². The van der Waals surface area contributed by atoms with E-state index in [9.17, 15) is 4.79 Å². The minimum Gasteiger partial charge on any atom is -0.378 e. The Morgan fingerprint density at radius 3 is 2.41 bits per heavy atom. The van der Waals surface area contributed by atoms with Gasteiger partial charge in [-0.25, -0.2) is 10.1 Å². The predicted molar refractivity (Wildman–Crippen MR) is 139 cm³/mol. The smallest absolute Gasteiger partial charge is 0.293 e. The molecule has 11 heteroatoms. The molecule has 0 aliphatic carbocycles. The van der Waals surface area contributed by atoms with Crippen molar-refractivity contribution < 1.29 is 9.42 Å². The lowest BCUT2D eigenvalue weighted by molar-refractivity contribution is 0.0947. The molecule has 2 aromatic heterocycles. The van der Waals surface area contributed by atoms with Crippen LogP contribution in [0.4, 0.5) is 5.82 Å². The summed E-state index contributed by atoms with van der Waals surface area (Å²) >= 11 is 0. The molecule has 1 saturated heterocycles. The number of nitrogens with one attached hydrogen (secondary N) is 1. The van der Waals surface area contributed by atoms with Crippen LogP contribution in [0.15, 0.2) is 64.3 Å². The fourth-order valence-corrected chi connectivity index (χ4v) is 4.85. The zero-order chi connectivity index (χ0) is 25.2. The second kappa shape index (κ2) is 9.78. The van der Waals surface area contributed by atoms with Crippen LogP contribution in [0.3, 0.4) is 0 Å². The van der Waals surface area contributed by atoms with Gasteiger partial charge in [0.05, 0.1) is 11.9 Å². The average Bonchev–Trinajstić information content (AvgIpc) is 3.54. The van der Waals surface area contributed by atoms with Gasteiger partial charge in [0.25, 0.3) is 5.91 Å². The van der Waals surface area contributed by atoms with Crippen molar-refractivity contribution in [1.29, 1.82) is 0 Å². The van der Waals surface area contributed by atoms with Gasteiger partial charge in [-0.3, -0.25) is 9.69 Å². The SMILES string of the molecule is Nc1nonc1-n1nnc(C(=O)NN=Cc2c3ccccc3cc3ccccc23)c1CN1CCCCC1. The van der Waals surface area contributed by atoms with E-state index in [1.807, 2.05) is 36.4 Å². The molecule has 1 aliphatic heterocycles. The van der Waals surface area contributed by atoms with E-state index in [-0.39, 0.29) is 17.3 Å². The predicted octanol–water partition coefficient (Wildman–Crippen LogP) is 3.29. The third kappa shape index (κ3) is 4.40. The van der Waals surface area contributed by atoms with Crippen molar-refractivity contribution >= 4 is 39.5 Å². The molecule has 3 aromatic carbocycles. The Bertz CT molecular complexity index is 1560. The zero-order valence-electron chi connectivity index (χ0n) is 20.0. The third-order valence-corrected chi connectivity index (χ3v) is 6.67. The fourth-order valence-electron chi connectivity index (χ4n) is 4.85. The highest BCUT2D eigenvalue weighted by atomic mass is 16.6. The molecule has 0 bridgehead atoms. The van der Waals surface area contributed by atoms with Gasteiger partial charge >= 0.3 is 0 Å². The summed E-state index contributed by atoms with van der Waals surface area (Å²) in [6.07, 6.45) is 5.07. The number of nitrogen functional groups attached to an aromatic ring is 1. The molecule has 0 saturated carbocycles. The van der Waals surface area contributed by atoms with Crippen LogP contribution < -0.4 is 11.2 Å². The maximum absolute atomic E-state index is 13.2. The van der Waals surface area contributed by atoms with Gasteiger partial charge in [0.15, 0.2) is 5.69 Å². The quantitative estimate of drug-likeness (QED) is 0.208. The molecule has 0 radical (unpaired) electrons. The number of carbonyl (C=O) groups is 1. The van der Waals surface area contributed by atoms with E-state index >= 15 is 0 Å². The third-order valence-electron chi connectivity index (χ3n) is 6.67. The molecular formula is C26H25N9O2. The summed E-state index contributed by atoms with van der Waals surface area (Å²) in [6.45, 7) is 2.30. The highest BCUT2D eigenvalue weighted by Crippen LogP contribution is 2.27. The van der Waals surface area contributed by atoms with E-state index in [4.69, 9.17) is 10.4 Å². The number of hydrazone groups is 1. The Balaban J connectivity index is 1.32. The molecule has 0 unspecified atom stereocenters. The second-order valence-electron chi connectivity index (χ2n) is 9.04. The number of likely N-dealkylation sites (tertiary alicyclic amines) is 1. The van der Waals surface area contributed by atoms with Gasteiger partial charge in [-0.05, 0) is 63.9 Å². The van der Waals surface area contributed by atoms with Crippen LogP contribution in [0.2, 0.25) is 0 Å². The lowest BCUT2D eigenvalue weighted by atomic mass is 9.97. The van der Waals surface area contributed by atoms with Crippen molar-refractivity contribution in [2.24, 2.45) is 5.10 Å². The molecule has 1 amide bonds. The van der Waals surface area contributed by atoms with Gasteiger partial charge < -0.3 is 5.73 Å². The van der Waals surface area contributed by atoms with Crippen LogP contribution in [0, 0.1) is 0 Å². The second-order valence-corrected chi connectivity index (χ2v) is 9.04. The monoisotopic (exact) mass is 495 g/mol. The Kier molecular flexibility index (Phi) is 6.03. The van der Waals surface area contributed by atoms with E-state index in [1.54, 1.807) is 6.21 Å². The number of rotatable bonds is 6. The summed E-state index contributed by atoms with van der Waals surface area (Å²) in [7, 11) is 0. The zero-order valence-corrected chi connectivity index (χ0v) is 20.0. The fraction of sp³-hybridized carbons (Fsp3) is 0.231. The topological polar surface area (TPSA) is 140 Å². The molecular weight excluding hydrogens is 470 g/mol. The van der Waals surface area contributed by atoms with Gasteiger partial charge in [0, 0.05) is 12.1 Å². The number of amides is 1. The van der Waals surface area contributed by atoms with Crippen LogP contribution >= 0.6 is 0 Å². The van der Waals surface area contributed by atoms with Crippen molar-refractivity contribution in [3.8, 4) is 5.82 Å². The number of benzene rings is 3. The summed E-state index contributed by atoms with van der Waals surface area (Å²) in [5.74, 6) is -0.212. The molecule has 5 aromatic rings. The van der Waals surface area contributed by atoms with Gasteiger partial charge in [-0.2, -0.15) is 9.78 Å². The Morgan fingerprint density at radius 2 is 1.73 bits per heavy atom. The van der Waals surface area contributed by atoms with Crippen LogP contribution in [-0.4, -0.2) is 55.4 Å². The maximum atomic E-state index is 13.2. The Hall–Kier alpha value is -4.64. The van der Waals surface area contributed by atoms with Gasteiger partial charge in [-0.15, -0.1) is 5.10 Å². The molecule has 0 atom stereocenters. The Morgan fingerprint density at radius 1 is 1.03 bits per heavy atom. The molecule has 3 heterocycles. The highest BCUT2D eigenvalue weighted by molar-refractivity contribution is 6.13. The number of piperidine rings is 1. The molecule has 1 aliphatic rings. The summed E-state index contributed by atoms with van der Waals surface area (Å²) in [6, 6.07) is 18.4. The largest absolute Gasteiger partial charge is 0.378 e. The molecule has 6 rings (SSSR count). The molecule has 0 spiro atoms. The van der Waals surface area contributed by atoms with Crippen molar-refractivity contribution in [2.45, 2.75) is 25.8 Å². The van der Waals surface area contributed by atoms with E-state index in [0.29, 0.717) is 12.2 Å². The Labute approximate surface area is 211 Å². The summed E-state index contributed by atoms with van der Waals surface area (Å²) in [5, 5.41) is 24.3. The lowest BCUT2D eigenvalue weighted by Crippen LogP contribution is -2.31. The molecule has 186 valence electrons. The molecule has 11 nitrogen and oxygen atoms in total. The van der Waals surface area contributed by atoms with E-state index in [0.717, 1.165) is 53.0 Å². The standard InChI is InChI=1S/C26H25N9O2/c27-24-25(32-37-31-24)35-22(16-34-12-6-1-7-13-34)23(29-33-35)26(36)30-28-15-21-19-10-4-2-8-17(19)14-18-9-3-5-11-20(18)21/h2-5,8-11,14-15H,1,6-7,12-13,16H2,(H2,27,31)(H,30,36). The number of hydrogen-bond acceptors (Lipinski definition) is 9. The van der Waals surface area contributed by atoms with E-state index in [1.165, 1.54) is 11.1 Å². The first kappa shape index (κ1) is 22.8. The molecule has 3 N–H and O–H groups in total. The number of carbonyl (C=O) groups excluding carboxylic acids is 1. The van der Waals surface area contributed by atoms with Crippen molar-refractivity contribution in [1.82, 2.24) is 35.6 Å². The average molecular weight is 496 g/mol. The van der Waals surface area contributed by atoms with Crippen LogP contribution in [0.1, 0.15) is 41.0 Å². The van der Waals surface area contributed by atoms with Gasteiger partial charge in [0.2, 0.25) is 11.6 Å². The minimum atomic E-state index is -0.478. The summed E-state index contributed by atoms with van der Waals surface area (Å²) < 4.78 is 6.16. The van der Waals surface area contributed by atoms with Crippen LogP contribution in [0.25, 0.3) is 27.4 Å². The van der Waals surface area contributed by atoms with Crippen LogP contribution in [0.5, 0.6) is 0 Å². The lowest BCUT2D eigenvalue weighted by Gasteiger charge is -2.26. The normalized spacial score (nSPS) is 14.6. The first-order valence-corrected chi connectivity index (χ1v) is 12.2. The molecule has 1 fully saturated rings. The maximum Gasteiger partial charge on any atom is 0.293 e. The number of nitrogens with zero attached hydrogens (tertiary/aromatic N) is 7. The summed E-state index contributed by atoms with van der Waals surface area (Å²) in [4.78, 5) is 15.5. The van der Waals surface area contributed by atoms with Gasteiger partial charge in [-0.1, -0.05) is 60.2 Å². The summed E-state index contributed by atoms with van der Waals surface area (Å²) in [5.41, 5.74) is 10.2. The van der Waals surface area contributed by atoms with Crippen molar-refractivity contribution in [3.05, 3.63) is 71.5 Å². The van der Waals surface area contributed by atoms with E-state index < -0.39 is 5.91 Å². The van der Waals surface area contributed by atoms with Crippen LogP contribution in [-0.2, 0) is 6.54 Å².